The lowest BCUT2D eigenvalue weighted by Gasteiger charge is -2.14. The summed E-state index contributed by atoms with van der Waals surface area (Å²) < 4.78 is 36.1. The molecule has 0 aromatic heterocycles. The van der Waals surface area contributed by atoms with Crippen molar-refractivity contribution < 1.29 is 31.9 Å². The highest BCUT2D eigenvalue weighted by Crippen LogP contribution is 2.37. The number of rotatable bonds is 8. The van der Waals surface area contributed by atoms with Crippen LogP contribution in [0, 0.1) is 17.0 Å². The fraction of sp³-hybridized carbons (Fsp3) is 0.120. The third-order valence-electron chi connectivity index (χ3n) is 5.60. The molecule has 0 N–H and O–H groups in total. The van der Waals surface area contributed by atoms with Gasteiger partial charge >= 0.3 is 10.1 Å². The van der Waals surface area contributed by atoms with E-state index in [4.69, 9.17) is 32.1 Å². The number of imide groups is 1. The third-order valence-corrected chi connectivity index (χ3v) is 8.45. The standard InChI is InChI=1S/C25H18Cl2N2O8S2/c1-14-6-8-16(12-20(14)29(32)33)39(34,35)37-21-9-7-15(10-22(21)36-2)11-23-24(30)28(25(31)38-23)13-17-18(26)4-3-5-19(17)27/h3-12H,13H2,1-2H3/b23-11-. The Kier molecular flexibility index (Phi) is 8.21. The molecule has 4 rings (SSSR count). The smallest absolute Gasteiger partial charge is 0.339 e. The van der Waals surface area contributed by atoms with Gasteiger partial charge in [-0.15, -0.1) is 0 Å². The summed E-state index contributed by atoms with van der Waals surface area (Å²) in [4.78, 5) is 36.8. The van der Waals surface area contributed by atoms with Crippen LogP contribution in [0.15, 0.2) is 64.4 Å². The van der Waals surface area contributed by atoms with Gasteiger partial charge in [0.25, 0.3) is 16.8 Å². The SMILES string of the molecule is COc1cc(/C=C2\SC(=O)N(Cc3c(Cl)cccc3Cl)C2=O)ccc1OS(=O)(=O)c1ccc(C)c([N+](=O)[O-])c1. The van der Waals surface area contributed by atoms with Crippen molar-refractivity contribution in [3.8, 4) is 11.5 Å². The number of aryl methyl sites for hydroxylation is 1. The Morgan fingerprint density at radius 3 is 2.38 bits per heavy atom. The van der Waals surface area contributed by atoms with Crippen molar-refractivity contribution in [1.82, 2.24) is 4.90 Å². The van der Waals surface area contributed by atoms with Crippen LogP contribution in [-0.2, 0) is 21.5 Å². The van der Waals surface area contributed by atoms with Gasteiger partial charge in [0.1, 0.15) is 4.90 Å². The predicted molar refractivity (Wildman–Crippen MR) is 147 cm³/mol. The second kappa shape index (κ2) is 11.3. The average molecular weight is 609 g/mol. The molecular weight excluding hydrogens is 591 g/mol. The van der Waals surface area contributed by atoms with Crippen LogP contribution in [0.5, 0.6) is 11.5 Å². The second-order valence-electron chi connectivity index (χ2n) is 8.12. The van der Waals surface area contributed by atoms with Gasteiger partial charge in [-0.05, 0) is 60.7 Å². The molecule has 1 heterocycles. The van der Waals surface area contributed by atoms with Gasteiger partial charge in [0.15, 0.2) is 11.5 Å². The monoisotopic (exact) mass is 608 g/mol. The highest BCUT2D eigenvalue weighted by atomic mass is 35.5. The second-order valence-corrected chi connectivity index (χ2v) is 11.5. The first-order valence-corrected chi connectivity index (χ1v) is 13.9. The average Bonchev–Trinajstić information content (AvgIpc) is 3.13. The van der Waals surface area contributed by atoms with E-state index in [0.717, 1.165) is 22.7 Å². The summed E-state index contributed by atoms with van der Waals surface area (Å²) in [6.07, 6.45) is 1.45. The minimum Gasteiger partial charge on any atom is -0.493 e. The Morgan fingerprint density at radius 2 is 1.74 bits per heavy atom. The molecule has 39 heavy (non-hydrogen) atoms. The van der Waals surface area contributed by atoms with Gasteiger partial charge in [-0.2, -0.15) is 8.42 Å². The van der Waals surface area contributed by atoms with Gasteiger partial charge in [-0.25, -0.2) is 0 Å². The number of halogens is 2. The summed E-state index contributed by atoms with van der Waals surface area (Å²) in [6.45, 7) is 1.38. The predicted octanol–water partition coefficient (Wildman–Crippen LogP) is 6.22. The molecule has 10 nitrogen and oxygen atoms in total. The number of thioether (sulfide) groups is 1. The van der Waals surface area contributed by atoms with Crippen LogP contribution in [-0.4, -0.2) is 36.5 Å². The topological polar surface area (TPSA) is 133 Å². The number of ether oxygens (including phenoxy) is 1. The highest BCUT2D eigenvalue weighted by molar-refractivity contribution is 8.18. The van der Waals surface area contributed by atoms with E-state index in [1.54, 1.807) is 18.2 Å². The van der Waals surface area contributed by atoms with E-state index in [0.29, 0.717) is 26.7 Å². The molecule has 2 amide bonds. The normalized spacial score (nSPS) is 14.7. The molecule has 3 aromatic rings. The van der Waals surface area contributed by atoms with Crippen molar-refractivity contribution in [2.75, 3.05) is 7.11 Å². The van der Waals surface area contributed by atoms with E-state index in [2.05, 4.69) is 0 Å². The zero-order chi connectivity index (χ0) is 28.5. The number of hydrogen-bond donors (Lipinski definition) is 0. The molecule has 0 atom stereocenters. The molecule has 0 saturated carbocycles. The number of nitro benzene ring substituents is 1. The summed E-state index contributed by atoms with van der Waals surface area (Å²) >= 11 is 13.1. The first-order valence-electron chi connectivity index (χ1n) is 11.0. The molecule has 1 aliphatic rings. The van der Waals surface area contributed by atoms with Crippen molar-refractivity contribution in [2.45, 2.75) is 18.4 Å². The number of nitrogens with zero attached hydrogens (tertiary/aromatic N) is 2. The minimum absolute atomic E-state index is 0.0102. The maximum atomic E-state index is 13.0. The number of hydrogen-bond acceptors (Lipinski definition) is 9. The fourth-order valence-electron chi connectivity index (χ4n) is 3.58. The highest BCUT2D eigenvalue weighted by Gasteiger charge is 2.36. The Bertz CT molecular complexity index is 1640. The Balaban J connectivity index is 1.58. The summed E-state index contributed by atoms with van der Waals surface area (Å²) in [5, 5.41) is 11.3. The van der Waals surface area contributed by atoms with Crippen LogP contribution in [0.4, 0.5) is 10.5 Å². The number of amides is 2. The van der Waals surface area contributed by atoms with Crippen LogP contribution >= 0.6 is 35.0 Å². The van der Waals surface area contributed by atoms with Crippen molar-refractivity contribution in [2.24, 2.45) is 0 Å². The zero-order valence-electron chi connectivity index (χ0n) is 20.2. The van der Waals surface area contributed by atoms with E-state index in [1.807, 2.05) is 0 Å². The third kappa shape index (κ3) is 6.04. The van der Waals surface area contributed by atoms with E-state index >= 15 is 0 Å². The lowest BCUT2D eigenvalue weighted by Crippen LogP contribution is -2.27. The molecule has 0 spiro atoms. The van der Waals surface area contributed by atoms with Crippen LogP contribution in [0.3, 0.4) is 0 Å². The number of benzene rings is 3. The van der Waals surface area contributed by atoms with Crippen LogP contribution in [0.25, 0.3) is 6.08 Å². The maximum absolute atomic E-state index is 13.0. The Morgan fingerprint density at radius 1 is 1.05 bits per heavy atom. The fourth-order valence-corrected chi connectivity index (χ4v) is 5.90. The van der Waals surface area contributed by atoms with Gasteiger partial charge in [-0.3, -0.25) is 24.6 Å². The number of nitro groups is 1. The molecule has 1 aliphatic heterocycles. The number of carbonyl (C=O) groups excluding carboxylic acids is 2. The van der Waals surface area contributed by atoms with E-state index in [1.165, 1.54) is 50.4 Å². The van der Waals surface area contributed by atoms with E-state index < -0.39 is 31.1 Å². The van der Waals surface area contributed by atoms with Gasteiger partial charge in [0, 0.05) is 27.2 Å². The van der Waals surface area contributed by atoms with Gasteiger partial charge in [0.05, 0.1) is 23.5 Å². The van der Waals surface area contributed by atoms with Gasteiger partial charge in [0.2, 0.25) is 0 Å². The van der Waals surface area contributed by atoms with Crippen molar-refractivity contribution in [3.05, 3.63) is 96.4 Å². The van der Waals surface area contributed by atoms with Crippen LogP contribution < -0.4 is 8.92 Å². The number of methoxy groups -OCH3 is 1. The van der Waals surface area contributed by atoms with E-state index in [-0.39, 0.29) is 28.6 Å². The lowest BCUT2D eigenvalue weighted by atomic mass is 10.1. The molecular formula is C25H18Cl2N2O8S2. The molecule has 1 saturated heterocycles. The van der Waals surface area contributed by atoms with E-state index in [9.17, 15) is 28.1 Å². The molecule has 0 unspecified atom stereocenters. The summed E-state index contributed by atoms with van der Waals surface area (Å²) in [5.74, 6) is -0.723. The maximum Gasteiger partial charge on any atom is 0.339 e. The summed E-state index contributed by atoms with van der Waals surface area (Å²) in [5.41, 5.74) is 0.782. The first-order chi connectivity index (χ1) is 18.4. The zero-order valence-corrected chi connectivity index (χ0v) is 23.4. The minimum atomic E-state index is -4.45. The largest absolute Gasteiger partial charge is 0.493 e. The number of carbonyl (C=O) groups is 2. The lowest BCUT2D eigenvalue weighted by molar-refractivity contribution is -0.385. The molecule has 1 fully saturated rings. The Labute approximate surface area is 237 Å². The molecule has 202 valence electrons. The molecule has 0 aliphatic carbocycles. The van der Waals surface area contributed by atoms with Crippen LogP contribution in [0.1, 0.15) is 16.7 Å². The van der Waals surface area contributed by atoms with Gasteiger partial charge < -0.3 is 8.92 Å². The summed E-state index contributed by atoms with van der Waals surface area (Å²) in [6, 6.07) is 12.5. The quantitative estimate of drug-likeness (QED) is 0.126. The summed E-state index contributed by atoms with van der Waals surface area (Å²) in [7, 11) is -3.16. The molecule has 14 heteroatoms. The van der Waals surface area contributed by atoms with Crippen molar-refractivity contribution >= 4 is 68.0 Å². The van der Waals surface area contributed by atoms with Crippen molar-refractivity contribution in [3.63, 3.8) is 0 Å². The Hall–Kier alpha value is -3.58. The first kappa shape index (κ1) is 28.4. The van der Waals surface area contributed by atoms with Crippen LogP contribution in [0.2, 0.25) is 10.0 Å². The molecule has 3 aromatic carbocycles. The molecule has 0 bridgehead atoms. The van der Waals surface area contributed by atoms with Crippen molar-refractivity contribution in [1.29, 1.82) is 0 Å². The molecule has 0 radical (unpaired) electrons. The van der Waals surface area contributed by atoms with Gasteiger partial charge in [-0.1, -0.05) is 41.4 Å².